The first kappa shape index (κ1) is 11.1. The van der Waals surface area contributed by atoms with Crippen molar-refractivity contribution in [1.29, 1.82) is 0 Å². The number of nitrogen functional groups attached to an aromatic ring is 1. The molecule has 0 fully saturated rings. The fourth-order valence-electron chi connectivity index (χ4n) is 1.47. The highest BCUT2D eigenvalue weighted by atomic mass is 19.1. The highest BCUT2D eigenvalue weighted by Crippen LogP contribution is 2.14. The molecule has 0 atom stereocenters. The first-order valence-electron chi connectivity index (χ1n) is 4.87. The third-order valence-electron chi connectivity index (χ3n) is 2.39. The number of hydrogen-bond acceptors (Lipinski definition) is 3. The molecule has 2 rings (SSSR count). The molecule has 88 valence electrons. The summed E-state index contributed by atoms with van der Waals surface area (Å²) in [5.41, 5.74) is 5.92. The van der Waals surface area contributed by atoms with Crippen LogP contribution in [0.2, 0.25) is 0 Å². The van der Waals surface area contributed by atoms with Crippen LogP contribution in [0.1, 0.15) is 15.9 Å². The summed E-state index contributed by atoms with van der Waals surface area (Å²) in [5.74, 6) is -1.51. The van der Waals surface area contributed by atoms with Crippen LogP contribution in [0.3, 0.4) is 0 Å². The van der Waals surface area contributed by atoms with Gasteiger partial charge in [0.2, 0.25) is 0 Å². The van der Waals surface area contributed by atoms with Gasteiger partial charge in [-0.3, -0.25) is 0 Å². The molecule has 0 radical (unpaired) electrons. The second kappa shape index (κ2) is 4.25. The molecule has 6 heteroatoms. The number of aromatic nitrogens is 2. The third-order valence-corrected chi connectivity index (χ3v) is 2.39. The van der Waals surface area contributed by atoms with Crippen molar-refractivity contribution >= 4 is 11.8 Å². The van der Waals surface area contributed by atoms with Gasteiger partial charge in [0.1, 0.15) is 17.2 Å². The summed E-state index contributed by atoms with van der Waals surface area (Å²) in [5, 5.41) is 12.6. The van der Waals surface area contributed by atoms with Crippen LogP contribution < -0.4 is 5.73 Å². The molecule has 0 amide bonds. The van der Waals surface area contributed by atoms with Gasteiger partial charge >= 0.3 is 5.97 Å². The molecule has 1 aromatic heterocycles. The number of carboxylic acid groups (broad SMARTS) is 1. The standard InChI is InChI=1S/C11H10FN3O2/c12-9-4-2-1-3-7(9)6-15-10(13)8(5-14-15)11(16)17/h1-5H,6,13H2,(H,16,17). The Morgan fingerprint density at radius 3 is 2.76 bits per heavy atom. The summed E-state index contributed by atoms with van der Waals surface area (Å²) in [6.07, 6.45) is 1.15. The second-order valence-electron chi connectivity index (χ2n) is 3.50. The molecule has 5 nitrogen and oxygen atoms in total. The normalized spacial score (nSPS) is 10.4. The molecule has 0 spiro atoms. The van der Waals surface area contributed by atoms with Crippen molar-refractivity contribution in [2.24, 2.45) is 0 Å². The molecule has 0 saturated carbocycles. The van der Waals surface area contributed by atoms with Crippen LogP contribution in [-0.4, -0.2) is 20.9 Å². The number of nitrogens with zero attached hydrogens (tertiary/aromatic N) is 2. The van der Waals surface area contributed by atoms with E-state index in [9.17, 15) is 9.18 Å². The van der Waals surface area contributed by atoms with Gasteiger partial charge in [-0.1, -0.05) is 18.2 Å². The SMILES string of the molecule is Nc1c(C(=O)O)cnn1Cc1ccccc1F. The summed E-state index contributed by atoms with van der Waals surface area (Å²) in [6, 6.07) is 6.19. The molecule has 1 heterocycles. The fraction of sp³-hybridized carbons (Fsp3) is 0.0909. The smallest absolute Gasteiger partial charge is 0.341 e. The van der Waals surface area contributed by atoms with Crippen LogP contribution in [0, 0.1) is 5.82 Å². The summed E-state index contributed by atoms with van der Waals surface area (Å²) < 4.78 is 14.6. The molecule has 0 aliphatic carbocycles. The van der Waals surface area contributed by atoms with Crippen LogP contribution in [0.25, 0.3) is 0 Å². The number of carbonyl (C=O) groups is 1. The van der Waals surface area contributed by atoms with Crippen LogP contribution in [0.4, 0.5) is 10.2 Å². The molecule has 2 aromatic rings. The van der Waals surface area contributed by atoms with Gasteiger partial charge in [0, 0.05) is 5.56 Å². The topological polar surface area (TPSA) is 81.1 Å². The first-order chi connectivity index (χ1) is 8.09. The Kier molecular flexibility index (Phi) is 2.78. The molecular formula is C11H10FN3O2. The summed E-state index contributed by atoms with van der Waals surface area (Å²) in [4.78, 5) is 10.7. The number of hydrogen-bond donors (Lipinski definition) is 2. The lowest BCUT2D eigenvalue weighted by atomic mass is 10.2. The van der Waals surface area contributed by atoms with Crippen LogP contribution in [0.15, 0.2) is 30.5 Å². The van der Waals surface area contributed by atoms with Gasteiger partial charge in [-0.05, 0) is 6.07 Å². The zero-order valence-corrected chi connectivity index (χ0v) is 8.80. The molecule has 3 N–H and O–H groups in total. The monoisotopic (exact) mass is 235 g/mol. The van der Waals surface area contributed by atoms with Crippen LogP contribution in [-0.2, 0) is 6.54 Å². The fourth-order valence-corrected chi connectivity index (χ4v) is 1.47. The number of aromatic carboxylic acids is 1. The van der Waals surface area contributed by atoms with Crippen molar-refractivity contribution in [3.05, 3.63) is 47.4 Å². The van der Waals surface area contributed by atoms with Gasteiger partial charge in [0.15, 0.2) is 0 Å². The largest absolute Gasteiger partial charge is 0.477 e. The summed E-state index contributed by atoms with van der Waals surface area (Å²) in [7, 11) is 0. The maximum absolute atomic E-state index is 13.4. The molecule has 0 aliphatic heterocycles. The summed E-state index contributed by atoms with van der Waals surface area (Å²) >= 11 is 0. The minimum Gasteiger partial charge on any atom is -0.477 e. The van der Waals surface area contributed by atoms with Gasteiger partial charge in [0.25, 0.3) is 0 Å². The van der Waals surface area contributed by atoms with Gasteiger partial charge in [-0.15, -0.1) is 0 Å². The average molecular weight is 235 g/mol. The van der Waals surface area contributed by atoms with Gasteiger partial charge in [-0.25, -0.2) is 13.9 Å². The quantitative estimate of drug-likeness (QED) is 0.841. The first-order valence-corrected chi connectivity index (χ1v) is 4.87. The lowest BCUT2D eigenvalue weighted by molar-refractivity contribution is 0.0698. The average Bonchev–Trinajstić information content (AvgIpc) is 2.64. The van der Waals surface area contributed by atoms with Gasteiger partial charge < -0.3 is 10.8 Å². The Bertz CT molecular complexity index is 566. The lowest BCUT2D eigenvalue weighted by Crippen LogP contribution is -2.09. The van der Waals surface area contributed by atoms with Crippen molar-refractivity contribution in [3.63, 3.8) is 0 Å². The van der Waals surface area contributed by atoms with Crippen LogP contribution in [0.5, 0.6) is 0 Å². The maximum Gasteiger partial charge on any atom is 0.341 e. The highest BCUT2D eigenvalue weighted by Gasteiger charge is 2.14. The molecule has 17 heavy (non-hydrogen) atoms. The van der Waals surface area contributed by atoms with E-state index in [0.717, 1.165) is 6.20 Å². The Labute approximate surface area is 96.3 Å². The Balaban J connectivity index is 2.31. The zero-order valence-electron chi connectivity index (χ0n) is 8.80. The van der Waals surface area contributed by atoms with E-state index in [1.165, 1.54) is 10.7 Å². The van der Waals surface area contributed by atoms with E-state index in [-0.39, 0.29) is 23.7 Å². The van der Waals surface area contributed by atoms with E-state index in [1.54, 1.807) is 18.2 Å². The number of carboxylic acids is 1. The van der Waals surface area contributed by atoms with Crippen LogP contribution >= 0.6 is 0 Å². The van der Waals surface area contributed by atoms with Gasteiger partial charge in [0.05, 0.1) is 12.7 Å². The Hall–Kier alpha value is -2.37. The molecule has 0 aliphatic rings. The Morgan fingerprint density at radius 2 is 2.18 bits per heavy atom. The number of anilines is 1. The third kappa shape index (κ3) is 2.10. The summed E-state index contributed by atoms with van der Waals surface area (Å²) in [6.45, 7) is 0.103. The minimum absolute atomic E-state index is 0.0146. The van der Waals surface area contributed by atoms with Crippen molar-refractivity contribution < 1.29 is 14.3 Å². The molecule has 0 saturated heterocycles. The second-order valence-corrected chi connectivity index (χ2v) is 3.50. The van der Waals surface area contributed by atoms with E-state index in [4.69, 9.17) is 10.8 Å². The number of rotatable bonds is 3. The molecule has 1 aromatic carbocycles. The zero-order chi connectivity index (χ0) is 12.4. The van der Waals surface area contributed by atoms with Crippen molar-refractivity contribution in [2.75, 3.05) is 5.73 Å². The number of benzene rings is 1. The van der Waals surface area contributed by atoms with Gasteiger partial charge in [-0.2, -0.15) is 5.10 Å². The molecule has 0 bridgehead atoms. The van der Waals surface area contributed by atoms with E-state index < -0.39 is 5.97 Å². The molecular weight excluding hydrogens is 225 g/mol. The predicted octanol–water partition coefficient (Wildman–Crippen LogP) is 1.35. The van der Waals surface area contributed by atoms with E-state index in [1.807, 2.05) is 0 Å². The minimum atomic E-state index is -1.15. The predicted molar refractivity (Wildman–Crippen MR) is 59.1 cm³/mol. The lowest BCUT2D eigenvalue weighted by Gasteiger charge is -2.05. The number of halogens is 1. The van der Waals surface area contributed by atoms with E-state index in [2.05, 4.69) is 5.10 Å². The highest BCUT2D eigenvalue weighted by molar-refractivity contribution is 5.92. The van der Waals surface area contributed by atoms with Crippen molar-refractivity contribution in [1.82, 2.24) is 9.78 Å². The van der Waals surface area contributed by atoms with Crippen molar-refractivity contribution in [2.45, 2.75) is 6.54 Å². The molecule has 0 unspecified atom stereocenters. The maximum atomic E-state index is 13.4. The van der Waals surface area contributed by atoms with E-state index in [0.29, 0.717) is 5.56 Å². The van der Waals surface area contributed by atoms with Crippen molar-refractivity contribution in [3.8, 4) is 0 Å². The van der Waals surface area contributed by atoms with E-state index >= 15 is 0 Å². The Morgan fingerprint density at radius 1 is 1.47 bits per heavy atom. The number of nitrogens with two attached hydrogens (primary N) is 1.